The molecule has 2 aliphatic rings. The van der Waals surface area contributed by atoms with Crippen molar-refractivity contribution in [1.82, 2.24) is 10.4 Å². The Morgan fingerprint density at radius 3 is 2.71 bits per heavy atom. The third kappa shape index (κ3) is 5.98. The molecule has 1 saturated carbocycles. The quantitative estimate of drug-likeness (QED) is 0.446. The lowest BCUT2D eigenvalue weighted by molar-refractivity contribution is -0.137. The van der Waals surface area contributed by atoms with Gasteiger partial charge in [-0.25, -0.2) is 0 Å². The van der Waals surface area contributed by atoms with Gasteiger partial charge in [-0.1, -0.05) is 37.1 Å². The Bertz CT molecular complexity index is 911. The maximum atomic E-state index is 12.8. The molecule has 1 heterocycles. The third-order valence-corrected chi connectivity index (χ3v) is 6.35. The number of rotatable bonds is 8. The van der Waals surface area contributed by atoms with E-state index in [-0.39, 0.29) is 35.1 Å². The number of hydrogen-bond donors (Lipinski definition) is 2. The SMILES string of the molecule is COc1cc(/C=C2/SC(=S)N(NC(=O)C3CCCCC3)C2=O)ccc1OCCC(=O)O. The maximum absolute atomic E-state index is 12.8. The Morgan fingerprint density at radius 1 is 1.29 bits per heavy atom. The molecule has 0 unspecified atom stereocenters. The number of aliphatic carboxylic acids is 1. The summed E-state index contributed by atoms with van der Waals surface area (Å²) >= 11 is 6.41. The first-order valence-corrected chi connectivity index (χ1v) is 11.2. The van der Waals surface area contributed by atoms with E-state index in [2.05, 4.69) is 5.43 Å². The maximum Gasteiger partial charge on any atom is 0.306 e. The van der Waals surface area contributed by atoms with Crippen LogP contribution in [0, 0.1) is 5.92 Å². The van der Waals surface area contributed by atoms with Crippen molar-refractivity contribution in [3.05, 3.63) is 28.7 Å². The van der Waals surface area contributed by atoms with Crippen LogP contribution in [0.1, 0.15) is 44.1 Å². The average Bonchev–Trinajstić information content (AvgIpc) is 3.02. The molecule has 2 amide bonds. The lowest BCUT2D eigenvalue weighted by Crippen LogP contribution is -2.47. The van der Waals surface area contributed by atoms with Crippen LogP contribution in [-0.2, 0) is 14.4 Å². The number of carboxylic acids is 1. The van der Waals surface area contributed by atoms with Crippen molar-refractivity contribution in [3.63, 3.8) is 0 Å². The standard InChI is InChI=1S/C21H24N2O6S2/c1-28-16-11-13(7-8-15(16)29-10-9-18(24)25)12-17-20(27)23(21(30)31-17)22-19(26)14-5-3-2-4-6-14/h7-8,11-12,14H,2-6,9-10H2,1H3,(H,22,26)(H,24,25)/b17-12+. The number of carboxylic acid groups (broad SMARTS) is 1. The van der Waals surface area contributed by atoms with Crippen LogP contribution in [0.5, 0.6) is 11.5 Å². The molecule has 1 aromatic rings. The van der Waals surface area contributed by atoms with Crippen LogP contribution in [0.15, 0.2) is 23.1 Å². The minimum Gasteiger partial charge on any atom is -0.493 e. The predicted octanol–water partition coefficient (Wildman–Crippen LogP) is 3.36. The summed E-state index contributed by atoms with van der Waals surface area (Å²) in [5, 5.41) is 9.87. The Morgan fingerprint density at radius 2 is 2.03 bits per heavy atom. The van der Waals surface area contributed by atoms with Gasteiger partial charge in [-0.3, -0.25) is 19.8 Å². The zero-order valence-corrected chi connectivity index (χ0v) is 18.7. The zero-order chi connectivity index (χ0) is 22.4. The molecule has 1 aliphatic heterocycles. The summed E-state index contributed by atoms with van der Waals surface area (Å²) in [5.74, 6) is -0.747. The van der Waals surface area contributed by atoms with Crippen molar-refractivity contribution >= 4 is 52.2 Å². The van der Waals surface area contributed by atoms with Crippen LogP contribution in [0.2, 0.25) is 0 Å². The molecule has 2 fully saturated rings. The average molecular weight is 465 g/mol. The molecule has 0 atom stereocenters. The Balaban J connectivity index is 1.68. The lowest BCUT2D eigenvalue weighted by atomic mass is 9.89. The van der Waals surface area contributed by atoms with E-state index in [1.165, 1.54) is 7.11 Å². The number of carbonyl (C=O) groups excluding carboxylic acids is 2. The number of carbonyl (C=O) groups is 3. The molecule has 3 rings (SSSR count). The van der Waals surface area contributed by atoms with Crippen molar-refractivity contribution in [2.24, 2.45) is 5.92 Å². The molecular weight excluding hydrogens is 440 g/mol. The van der Waals surface area contributed by atoms with Gasteiger partial charge in [-0.15, -0.1) is 0 Å². The van der Waals surface area contributed by atoms with E-state index < -0.39 is 5.97 Å². The fourth-order valence-electron chi connectivity index (χ4n) is 3.42. The van der Waals surface area contributed by atoms with E-state index >= 15 is 0 Å². The first kappa shape index (κ1) is 23.1. The number of hydrogen-bond acceptors (Lipinski definition) is 7. The van der Waals surface area contributed by atoms with Crippen LogP contribution in [0.25, 0.3) is 6.08 Å². The van der Waals surface area contributed by atoms with Gasteiger partial charge >= 0.3 is 5.97 Å². The number of amides is 2. The van der Waals surface area contributed by atoms with E-state index in [9.17, 15) is 14.4 Å². The number of ether oxygens (including phenoxy) is 2. The third-order valence-electron chi connectivity index (χ3n) is 5.05. The number of thioether (sulfide) groups is 1. The van der Waals surface area contributed by atoms with Gasteiger partial charge in [0.15, 0.2) is 15.8 Å². The molecule has 0 aromatic heterocycles. The fraction of sp³-hybridized carbons (Fsp3) is 0.429. The summed E-state index contributed by atoms with van der Waals surface area (Å²) in [5.41, 5.74) is 3.36. The molecule has 0 spiro atoms. The second-order valence-corrected chi connectivity index (χ2v) is 8.91. The Hall–Kier alpha value is -2.59. The molecule has 1 saturated heterocycles. The summed E-state index contributed by atoms with van der Waals surface area (Å²) in [4.78, 5) is 36.3. The molecule has 0 radical (unpaired) electrons. The number of methoxy groups -OCH3 is 1. The smallest absolute Gasteiger partial charge is 0.306 e. The van der Waals surface area contributed by atoms with Crippen molar-refractivity contribution in [3.8, 4) is 11.5 Å². The van der Waals surface area contributed by atoms with Crippen molar-refractivity contribution in [1.29, 1.82) is 0 Å². The van der Waals surface area contributed by atoms with Crippen LogP contribution >= 0.6 is 24.0 Å². The number of nitrogens with zero attached hydrogens (tertiary/aromatic N) is 1. The van der Waals surface area contributed by atoms with Gasteiger partial charge in [0.1, 0.15) is 0 Å². The molecule has 1 aromatic carbocycles. The van der Waals surface area contributed by atoms with Crippen molar-refractivity contribution in [2.45, 2.75) is 38.5 Å². The number of benzene rings is 1. The highest BCUT2D eigenvalue weighted by Crippen LogP contribution is 2.34. The molecule has 1 aliphatic carbocycles. The predicted molar refractivity (Wildman–Crippen MR) is 120 cm³/mol. The zero-order valence-electron chi connectivity index (χ0n) is 17.1. The van der Waals surface area contributed by atoms with Crippen LogP contribution < -0.4 is 14.9 Å². The summed E-state index contributed by atoms with van der Waals surface area (Å²) in [6.45, 7) is 0.0182. The van der Waals surface area contributed by atoms with Crippen LogP contribution in [0.3, 0.4) is 0 Å². The molecule has 8 nitrogen and oxygen atoms in total. The second-order valence-electron chi connectivity index (χ2n) is 7.23. The molecule has 0 bridgehead atoms. The lowest BCUT2D eigenvalue weighted by Gasteiger charge is -2.23. The second kappa shape index (κ2) is 10.6. The number of hydrazine groups is 1. The topological polar surface area (TPSA) is 105 Å². The largest absolute Gasteiger partial charge is 0.493 e. The van der Waals surface area contributed by atoms with E-state index in [0.29, 0.717) is 22.0 Å². The highest BCUT2D eigenvalue weighted by atomic mass is 32.2. The van der Waals surface area contributed by atoms with Gasteiger partial charge < -0.3 is 14.6 Å². The van der Waals surface area contributed by atoms with Crippen molar-refractivity contribution in [2.75, 3.05) is 13.7 Å². The highest BCUT2D eigenvalue weighted by Gasteiger charge is 2.35. The summed E-state index contributed by atoms with van der Waals surface area (Å²) < 4.78 is 11.0. The normalized spacial score (nSPS) is 18.4. The highest BCUT2D eigenvalue weighted by molar-refractivity contribution is 8.26. The van der Waals surface area contributed by atoms with Gasteiger partial charge in [0.05, 0.1) is 25.0 Å². The summed E-state index contributed by atoms with van der Waals surface area (Å²) in [6, 6.07) is 5.06. The van der Waals surface area contributed by atoms with E-state index in [1.54, 1.807) is 24.3 Å². The van der Waals surface area contributed by atoms with Gasteiger partial charge in [0.25, 0.3) is 5.91 Å². The Labute approximate surface area is 189 Å². The van der Waals surface area contributed by atoms with Gasteiger partial charge in [-0.05, 0) is 48.8 Å². The molecule has 2 N–H and O–H groups in total. The van der Waals surface area contributed by atoms with E-state index in [1.807, 2.05) is 0 Å². The number of thiocarbonyl (C=S) groups is 1. The minimum absolute atomic E-state index is 0.0182. The van der Waals surface area contributed by atoms with Gasteiger partial charge in [0, 0.05) is 5.92 Å². The molecular formula is C21H24N2O6S2. The summed E-state index contributed by atoms with van der Waals surface area (Å²) in [7, 11) is 1.48. The monoisotopic (exact) mass is 464 g/mol. The van der Waals surface area contributed by atoms with Crippen molar-refractivity contribution < 1.29 is 29.0 Å². The van der Waals surface area contributed by atoms with Gasteiger partial charge in [-0.2, -0.15) is 5.01 Å². The van der Waals surface area contributed by atoms with E-state index in [0.717, 1.165) is 48.9 Å². The fourth-order valence-corrected chi connectivity index (χ4v) is 4.60. The summed E-state index contributed by atoms with van der Waals surface area (Å²) in [6.07, 6.45) is 6.38. The molecule has 10 heteroatoms. The number of nitrogens with one attached hydrogen (secondary N) is 1. The molecule has 31 heavy (non-hydrogen) atoms. The van der Waals surface area contributed by atoms with Crippen LogP contribution in [-0.4, -0.2) is 45.9 Å². The van der Waals surface area contributed by atoms with E-state index in [4.69, 9.17) is 26.8 Å². The van der Waals surface area contributed by atoms with Crippen LogP contribution in [0.4, 0.5) is 0 Å². The van der Waals surface area contributed by atoms with Gasteiger partial charge in [0.2, 0.25) is 5.91 Å². The Kier molecular flexibility index (Phi) is 7.91. The first-order valence-electron chi connectivity index (χ1n) is 10.00. The first-order chi connectivity index (χ1) is 14.9. The molecule has 166 valence electrons. The minimum atomic E-state index is -0.951.